The molecule has 15 heavy (non-hydrogen) atoms. The van der Waals surface area contributed by atoms with Gasteiger partial charge >= 0.3 is 6.03 Å². The van der Waals surface area contributed by atoms with Gasteiger partial charge in [0.2, 0.25) is 0 Å². The SMILES string of the molecule is CCOC1(NC(=O)N(C)C)[C@H]2CCC[C@@H]21. The Morgan fingerprint density at radius 1 is 1.47 bits per heavy atom. The highest BCUT2D eigenvalue weighted by molar-refractivity contribution is 5.75. The van der Waals surface area contributed by atoms with Crippen molar-refractivity contribution in [2.75, 3.05) is 20.7 Å². The monoisotopic (exact) mass is 212 g/mol. The van der Waals surface area contributed by atoms with Gasteiger partial charge in [-0.25, -0.2) is 4.79 Å². The van der Waals surface area contributed by atoms with E-state index in [2.05, 4.69) is 5.32 Å². The van der Waals surface area contributed by atoms with E-state index >= 15 is 0 Å². The van der Waals surface area contributed by atoms with Crippen LogP contribution in [0.3, 0.4) is 0 Å². The fourth-order valence-electron chi connectivity index (χ4n) is 2.85. The molecule has 2 amide bonds. The van der Waals surface area contributed by atoms with Gasteiger partial charge in [0, 0.05) is 32.5 Å². The van der Waals surface area contributed by atoms with Crippen LogP contribution in [0.25, 0.3) is 0 Å². The minimum atomic E-state index is -0.325. The van der Waals surface area contributed by atoms with Gasteiger partial charge < -0.3 is 15.0 Å². The maximum atomic E-state index is 11.6. The van der Waals surface area contributed by atoms with Gasteiger partial charge in [0.25, 0.3) is 0 Å². The molecular formula is C11H20N2O2. The summed E-state index contributed by atoms with van der Waals surface area (Å²) in [6.07, 6.45) is 3.67. The normalized spacial score (nSPS) is 37.3. The third kappa shape index (κ3) is 1.61. The van der Waals surface area contributed by atoms with Crippen molar-refractivity contribution < 1.29 is 9.53 Å². The van der Waals surface area contributed by atoms with Crippen molar-refractivity contribution in [2.24, 2.45) is 11.8 Å². The topological polar surface area (TPSA) is 41.6 Å². The second-order valence-electron chi connectivity index (χ2n) is 4.69. The van der Waals surface area contributed by atoms with Crippen LogP contribution in [-0.4, -0.2) is 37.4 Å². The van der Waals surface area contributed by atoms with Crippen LogP contribution in [0.15, 0.2) is 0 Å². The first-order valence-corrected chi connectivity index (χ1v) is 5.75. The molecule has 0 radical (unpaired) electrons. The second-order valence-corrected chi connectivity index (χ2v) is 4.69. The van der Waals surface area contributed by atoms with Gasteiger partial charge in [-0.05, 0) is 19.8 Å². The number of fused-ring (bicyclic) bond motifs is 1. The van der Waals surface area contributed by atoms with Crippen molar-refractivity contribution in [1.29, 1.82) is 0 Å². The first-order chi connectivity index (χ1) is 7.12. The lowest BCUT2D eigenvalue weighted by molar-refractivity contribution is -0.00675. The first kappa shape index (κ1) is 10.7. The highest BCUT2D eigenvalue weighted by Crippen LogP contribution is 2.61. The lowest BCUT2D eigenvalue weighted by atomic mass is 10.2. The van der Waals surface area contributed by atoms with Gasteiger partial charge in [-0.1, -0.05) is 6.42 Å². The molecule has 2 fully saturated rings. The third-order valence-electron chi connectivity index (χ3n) is 3.60. The standard InChI is InChI=1S/C11H20N2O2/c1-4-15-11(12-10(14)13(2)3)8-6-5-7-9(8)11/h8-9H,4-7H2,1-3H3,(H,12,14)/t8-,9-/m0/s1. The maximum Gasteiger partial charge on any atom is 0.319 e. The van der Waals surface area contributed by atoms with Gasteiger partial charge in [-0.2, -0.15) is 0 Å². The molecule has 4 nitrogen and oxygen atoms in total. The summed E-state index contributed by atoms with van der Waals surface area (Å²) in [5.41, 5.74) is -0.325. The lowest BCUT2D eigenvalue weighted by Gasteiger charge is -2.24. The molecule has 0 aromatic heterocycles. The Hall–Kier alpha value is -0.770. The number of hydrogen-bond donors (Lipinski definition) is 1. The molecule has 86 valence electrons. The van der Waals surface area contributed by atoms with Crippen LogP contribution in [0.4, 0.5) is 4.79 Å². The maximum absolute atomic E-state index is 11.6. The molecule has 0 saturated heterocycles. The summed E-state index contributed by atoms with van der Waals surface area (Å²) in [5, 5.41) is 3.03. The van der Waals surface area contributed by atoms with E-state index in [1.165, 1.54) is 19.3 Å². The van der Waals surface area contributed by atoms with Crippen molar-refractivity contribution in [3.05, 3.63) is 0 Å². The van der Waals surface area contributed by atoms with Crippen LogP contribution in [0.5, 0.6) is 0 Å². The van der Waals surface area contributed by atoms with Gasteiger partial charge in [0.15, 0.2) is 0 Å². The largest absolute Gasteiger partial charge is 0.355 e. The zero-order valence-electron chi connectivity index (χ0n) is 9.75. The number of ether oxygens (including phenoxy) is 1. The van der Waals surface area contributed by atoms with Crippen molar-refractivity contribution in [1.82, 2.24) is 10.2 Å². The van der Waals surface area contributed by atoms with E-state index in [0.29, 0.717) is 18.4 Å². The average molecular weight is 212 g/mol. The van der Waals surface area contributed by atoms with Crippen molar-refractivity contribution in [2.45, 2.75) is 31.9 Å². The Morgan fingerprint density at radius 2 is 2.07 bits per heavy atom. The van der Waals surface area contributed by atoms with E-state index in [0.717, 1.165) is 0 Å². The van der Waals surface area contributed by atoms with Gasteiger partial charge in [0.1, 0.15) is 5.72 Å². The smallest absolute Gasteiger partial charge is 0.319 e. The number of hydrogen-bond acceptors (Lipinski definition) is 2. The van der Waals surface area contributed by atoms with E-state index in [4.69, 9.17) is 4.74 Å². The molecule has 0 aromatic carbocycles. The van der Waals surface area contributed by atoms with Crippen molar-refractivity contribution >= 4 is 6.03 Å². The molecule has 2 rings (SSSR count). The summed E-state index contributed by atoms with van der Waals surface area (Å²) in [6.45, 7) is 2.65. The van der Waals surface area contributed by atoms with Crippen LogP contribution in [0.1, 0.15) is 26.2 Å². The molecule has 0 unspecified atom stereocenters. The molecule has 0 spiro atoms. The molecule has 0 aromatic rings. The summed E-state index contributed by atoms with van der Waals surface area (Å²) in [4.78, 5) is 13.2. The molecule has 2 aliphatic carbocycles. The Bertz CT molecular complexity index is 255. The van der Waals surface area contributed by atoms with Crippen molar-refractivity contribution in [3.8, 4) is 0 Å². The minimum Gasteiger partial charge on any atom is -0.355 e. The Kier molecular flexibility index (Phi) is 2.63. The highest BCUT2D eigenvalue weighted by atomic mass is 16.5. The van der Waals surface area contributed by atoms with E-state index in [1.807, 2.05) is 6.92 Å². The molecule has 0 aliphatic heterocycles. The fourth-order valence-corrected chi connectivity index (χ4v) is 2.85. The van der Waals surface area contributed by atoms with Gasteiger partial charge in [-0.3, -0.25) is 0 Å². The minimum absolute atomic E-state index is 0.0437. The Labute approximate surface area is 91.0 Å². The molecule has 4 heteroatoms. The van der Waals surface area contributed by atoms with Crippen LogP contribution in [0, 0.1) is 11.8 Å². The van der Waals surface area contributed by atoms with Crippen LogP contribution in [0.2, 0.25) is 0 Å². The Balaban J connectivity index is 2.00. The average Bonchev–Trinajstić information content (AvgIpc) is 2.62. The van der Waals surface area contributed by atoms with Crippen LogP contribution in [-0.2, 0) is 4.74 Å². The summed E-state index contributed by atoms with van der Waals surface area (Å²) in [7, 11) is 3.51. The number of carbonyl (C=O) groups is 1. The number of nitrogens with zero attached hydrogens (tertiary/aromatic N) is 1. The van der Waals surface area contributed by atoms with Gasteiger partial charge in [-0.15, -0.1) is 0 Å². The number of amides is 2. The van der Waals surface area contributed by atoms with E-state index < -0.39 is 0 Å². The third-order valence-corrected chi connectivity index (χ3v) is 3.60. The molecular weight excluding hydrogens is 192 g/mol. The number of nitrogens with one attached hydrogen (secondary N) is 1. The van der Waals surface area contributed by atoms with E-state index in [-0.39, 0.29) is 11.8 Å². The predicted octanol–water partition coefficient (Wildman–Crippen LogP) is 1.42. The van der Waals surface area contributed by atoms with Crippen molar-refractivity contribution in [3.63, 3.8) is 0 Å². The summed E-state index contributed by atoms with van der Waals surface area (Å²) in [5.74, 6) is 1.11. The predicted molar refractivity (Wildman–Crippen MR) is 57.4 cm³/mol. The zero-order chi connectivity index (χ0) is 11.1. The lowest BCUT2D eigenvalue weighted by Crippen LogP contribution is -2.47. The quantitative estimate of drug-likeness (QED) is 0.719. The fraction of sp³-hybridized carbons (Fsp3) is 0.909. The first-order valence-electron chi connectivity index (χ1n) is 5.75. The molecule has 2 atom stereocenters. The molecule has 0 bridgehead atoms. The molecule has 2 saturated carbocycles. The number of carbonyl (C=O) groups excluding carboxylic acids is 1. The van der Waals surface area contributed by atoms with Crippen LogP contribution < -0.4 is 5.32 Å². The summed E-state index contributed by atoms with van der Waals surface area (Å²) in [6, 6.07) is -0.0437. The number of urea groups is 1. The Morgan fingerprint density at radius 3 is 2.53 bits per heavy atom. The highest BCUT2D eigenvalue weighted by Gasteiger charge is 2.68. The van der Waals surface area contributed by atoms with E-state index in [9.17, 15) is 4.79 Å². The molecule has 0 heterocycles. The number of rotatable bonds is 3. The summed E-state index contributed by atoms with van der Waals surface area (Å²) < 4.78 is 5.77. The zero-order valence-corrected chi connectivity index (χ0v) is 9.75. The second kappa shape index (κ2) is 3.67. The van der Waals surface area contributed by atoms with Gasteiger partial charge in [0.05, 0.1) is 0 Å². The van der Waals surface area contributed by atoms with E-state index in [1.54, 1.807) is 19.0 Å². The molecule has 1 N–H and O–H groups in total. The molecule has 2 aliphatic rings. The summed E-state index contributed by atoms with van der Waals surface area (Å²) >= 11 is 0. The van der Waals surface area contributed by atoms with Crippen LogP contribution >= 0.6 is 0 Å².